The van der Waals surface area contributed by atoms with Gasteiger partial charge in [-0.05, 0) is 23.7 Å². The Morgan fingerprint density at radius 2 is 1.81 bits per heavy atom. The molecule has 27 heavy (non-hydrogen) atoms. The highest BCUT2D eigenvalue weighted by atomic mass is 32.2. The van der Waals surface area contributed by atoms with Crippen LogP contribution in [0.15, 0.2) is 34.2 Å². The summed E-state index contributed by atoms with van der Waals surface area (Å²) in [4.78, 5) is 22.0. The van der Waals surface area contributed by atoms with E-state index in [9.17, 15) is 10.1 Å². The van der Waals surface area contributed by atoms with Gasteiger partial charge in [0.2, 0.25) is 0 Å². The number of aromatic amines is 1. The summed E-state index contributed by atoms with van der Waals surface area (Å²) in [5.74, 6) is 1.12. The van der Waals surface area contributed by atoms with Crippen molar-refractivity contribution in [3.63, 3.8) is 0 Å². The first-order chi connectivity index (χ1) is 12.8. The number of hydrogen-bond acceptors (Lipinski definition) is 5. The third-order valence-corrected chi connectivity index (χ3v) is 4.70. The third kappa shape index (κ3) is 5.69. The summed E-state index contributed by atoms with van der Waals surface area (Å²) < 4.78 is 0. The second-order valence-corrected chi connectivity index (χ2v) is 8.34. The van der Waals surface area contributed by atoms with E-state index in [1.165, 1.54) is 11.8 Å². The summed E-state index contributed by atoms with van der Waals surface area (Å²) in [5.41, 5.74) is 2.09. The van der Waals surface area contributed by atoms with Crippen LogP contribution in [0.2, 0.25) is 0 Å². The van der Waals surface area contributed by atoms with Crippen LogP contribution in [0.3, 0.4) is 0 Å². The minimum atomic E-state index is -0.386. The Balaban J connectivity index is 2.51. The Kier molecular flexibility index (Phi) is 7.64. The van der Waals surface area contributed by atoms with Crippen LogP contribution in [0.1, 0.15) is 38.8 Å². The summed E-state index contributed by atoms with van der Waals surface area (Å²) in [7, 11) is 0. The molecule has 0 unspecified atom stereocenters. The van der Waals surface area contributed by atoms with Gasteiger partial charge in [0.25, 0.3) is 5.56 Å². The predicted octanol–water partition coefficient (Wildman–Crippen LogP) is 4.14. The fraction of sp³-hybridized carbons (Fsp3) is 0.476. The first-order valence-corrected chi connectivity index (χ1v) is 10.5. The van der Waals surface area contributed by atoms with Crippen molar-refractivity contribution < 1.29 is 0 Å². The smallest absolute Gasteiger partial charge is 0.270 e. The standard InChI is InChI=1S/C21H28N4OS/c1-14(2)11-25(12-15(3)4)13-16-8-6-7-9-17(16)19-18(10-22)20(26)24-21(23-19)27-5/h6-9,14-15H,11-13H2,1-5H3,(H,23,24,26). The van der Waals surface area contributed by atoms with Gasteiger partial charge in [-0.2, -0.15) is 5.26 Å². The van der Waals surface area contributed by atoms with E-state index in [-0.39, 0.29) is 11.1 Å². The number of nitrogens with one attached hydrogen (secondary N) is 1. The molecule has 2 rings (SSSR count). The lowest BCUT2D eigenvalue weighted by Crippen LogP contribution is -2.31. The molecule has 0 aliphatic rings. The summed E-state index contributed by atoms with van der Waals surface area (Å²) in [5, 5.41) is 10.0. The number of nitriles is 1. The zero-order valence-corrected chi connectivity index (χ0v) is 17.6. The Morgan fingerprint density at radius 3 is 2.37 bits per heavy atom. The fourth-order valence-corrected chi connectivity index (χ4v) is 3.59. The van der Waals surface area contributed by atoms with Gasteiger partial charge in [0.1, 0.15) is 11.6 Å². The number of benzene rings is 1. The Bertz CT molecular complexity index is 857. The molecule has 6 heteroatoms. The molecule has 1 N–H and O–H groups in total. The summed E-state index contributed by atoms with van der Waals surface area (Å²) >= 11 is 1.36. The molecule has 144 valence electrons. The van der Waals surface area contributed by atoms with E-state index in [2.05, 4.69) is 48.6 Å². The average Bonchev–Trinajstić information content (AvgIpc) is 2.60. The van der Waals surface area contributed by atoms with Gasteiger partial charge in [0.15, 0.2) is 5.16 Å². The number of nitrogens with zero attached hydrogens (tertiary/aromatic N) is 3. The Morgan fingerprint density at radius 1 is 1.19 bits per heavy atom. The van der Waals surface area contributed by atoms with Crippen LogP contribution in [-0.2, 0) is 6.54 Å². The van der Waals surface area contributed by atoms with E-state index in [4.69, 9.17) is 0 Å². The van der Waals surface area contributed by atoms with E-state index in [1.54, 1.807) is 0 Å². The molecule has 0 bridgehead atoms. The average molecular weight is 385 g/mol. The van der Waals surface area contributed by atoms with Gasteiger partial charge in [0.05, 0.1) is 5.69 Å². The summed E-state index contributed by atoms with van der Waals surface area (Å²) in [6.45, 7) is 11.6. The normalized spacial score (nSPS) is 11.4. The van der Waals surface area contributed by atoms with Crippen molar-refractivity contribution in [2.45, 2.75) is 39.4 Å². The number of H-pyrrole nitrogens is 1. The van der Waals surface area contributed by atoms with Gasteiger partial charge in [0, 0.05) is 25.2 Å². The van der Waals surface area contributed by atoms with Gasteiger partial charge in [-0.25, -0.2) is 4.98 Å². The maximum Gasteiger partial charge on any atom is 0.270 e. The van der Waals surface area contributed by atoms with Gasteiger partial charge in [-0.3, -0.25) is 9.69 Å². The number of thioether (sulfide) groups is 1. The number of rotatable bonds is 8. The zero-order valence-electron chi connectivity index (χ0n) is 16.7. The van der Waals surface area contributed by atoms with Gasteiger partial charge < -0.3 is 4.98 Å². The quantitative estimate of drug-likeness (QED) is 0.547. The van der Waals surface area contributed by atoms with Crippen molar-refractivity contribution in [3.8, 4) is 17.3 Å². The van der Waals surface area contributed by atoms with Crippen LogP contribution in [0, 0.1) is 23.2 Å². The highest BCUT2D eigenvalue weighted by Gasteiger charge is 2.18. The number of hydrogen-bond donors (Lipinski definition) is 1. The first-order valence-electron chi connectivity index (χ1n) is 9.24. The monoisotopic (exact) mass is 384 g/mol. The molecule has 5 nitrogen and oxygen atoms in total. The van der Waals surface area contributed by atoms with Crippen LogP contribution < -0.4 is 5.56 Å². The zero-order chi connectivity index (χ0) is 20.0. The topological polar surface area (TPSA) is 72.8 Å². The third-order valence-electron chi connectivity index (χ3n) is 4.12. The van der Waals surface area contributed by atoms with E-state index in [0.717, 1.165) is 30.8 Å². The Labute approximate surface area is 165 Å². The predicted molar refractivity (Wildman–Crippen MR) is 112 cm³/mol. The van der Waals surface area contributed by atoms with Crippen molar-refractivity contribution in [2.24, 2.45) is 11.8 Å². The largest absolute Gasteiger partial charge is 0.300 e. The molecule has 0 atom stereocenters. The van der Waals surface area contributed by atoms with Crippen molar-refractivity contribution in [1.29, 1.82) is 5.26 Å². The molecule has 1 heterocycles. The van der Waals surface area contributed by atoms with Gasteiger partial charge in [-0.1, -0.05) is 63.7 Å². The molecule has 0 saturated heterocycles. The molecular formula is C21H28N4OS. The second kappa shape index (κ2) is 9.72. The summed E-state index contributed by atoms with van der Waals surface area (Å²) in [6, 6.07) is 9.96. The van der Waals surface area contributed by atoms with Crippen molar-refractivity contribution in [3.05, 3.63) is 45.7 Å². The summed E-state index contributed by atoms with van der Waals surface area (Å²) in [6.07, 6.45) is 1.85. The Hall–Kier alpha value is -2.10. The minimum Gasteiger partial charge on any atom is -0.300 e. The molecule has 0 spiro atoms. The van der Waals surface area contributed by atoms with Crippen LogP contribution >= 0.6 is 11.8 Å². The lowest BCUT2D eigenvalue weighted by molar-refractivity contribution is 0.211. The van der Waals surface area contributed by atoms with E-state index in [0.29, 0.717) is 22.7 Å². The fourth-order valence-electron chi connectivity index (χ4n) is 3.21. The van der Waals surface area contributed by atoms with E-state index in [1.807, 2.05) is 30.5 Å². The molecule has 0 radical (unpaired) electrons. The molecule has 0 amide bonds. The van der Waals surface area contributed by atoms with E-state index < -0.39 is 0 Å². The molecular weight excluding hydrogens is 356 g/mol. The van der Waals surface area contributed by atoms with E-state index >= 15 is 0 Å². The number of aromatic nitrogens is 2. The van der Waals surface area contributed by atoms with Crippen molar-refractivity contribution in [2.75, 3.05) is 19.3 Å². The van der Waals surface area contributed by atoms with Crippen LogP contribution in [0.25, 0.3) is 11.3 Å². The van der Waals surface area contributed by atoms with Gasteiger partial charge in [-0.15, -0.1) is 0 Å². The van der Waals surface area contributed by atoms with Gasteiger partial charge >= 0.3 is 0 Å². The van der Waals surface area contributed by atoms with Crippen LogP contribution in [0.4, 0.5) is 0 Å². The van der Waals surface area contributed by atoms with Crippen molar-refractivity contribution >= 4 is 11.8 Å². The highest BCUT2D eigenvalue weighted by Crippen LogP contribution is 2.26. The maximum absolute atomic E-state index is 12.3. The first kappa shape index (κ1) is 21.2. The SMILES string of the molecule is CSc1nc(-c2ccccc2CN(CC(C)C)CC(C)C)c(C#N)c(=O)[nH]1. The molecule has 1 aromatic carbocycles. The molecule has 2 aromatic rings. The molecule has 0 fully saturated rings. The van der Waals surface area contributed by atoms with Crippen LogP contribution in [0.5, 0.6) is 0 Å². The lowest BCUT2D eigenvalue weighted by atomic mass is 10.00. The molecule has 1 aromatic heterocycles. The second-order valence-electron chi connectivity index (χ2n) is 7.55. The minimum absolute atomic E-state index is 0.0690. The highest BCUT2D eigenvalue weighted by molar-refractivity contribution is 7.98. The molecule has 0 saturated carbocycles. The molecule has 0 aliphatic carbocycles. The maximum atomic E-state index is 12.3. The lowest BCUT2D eigenvalue weighted by Gasteiger charge is -2.27. The van der Waals surface area contributed by atoms with Crippen molar-refractivity contribution in [1.82, 2.24) is 14.9 Å². The van der Waals surface area contributed by atoms with Crippen LogP contribution in [-0.4, -0.2) is 34.2 Å². The molecule has 0 aliphatic heterocycles.